The van der Waals surface area contributed by atoms with E-state index in [1.807, 2.05) is 6.92 Å². The summed E-state index contributed by atoms with van der Waals surface area (Å²) in [4.78, 5) is 10.9. The highest BCUT2D eigenvalue weighted by Crippen LogP contribution is 2.61. The molecule has 5 atom stereocenters. The van der Waals surface area contributed by atoms with Gasteiger partial charge >= 0.3 is 5.97 Å². The smallest absolute Gasteiger partial charge is 0.302 e. The van der Waals surface area contributed by atoms with Crippen LogP contribution in [0.4, 0.5) is 0 Å². The summed E-state index contributed by atoms with van der Waals surface area (Å²) in [5, 5.41) is 0. The Morgan fingerprint density at radius 1 is 1.47 bits per heavy atom. The molecule has 0 N–H and O–H groups in total. The average molecular weight is 238 g/mol. The van der Waals surface area contributed by atoms with Crippen LogP contribution < -0.4 is 0 Å². The van der Waals surface area contributed by atoms with Crippen molar-refractivity contribution in [2.45, 2.75) is 65.9 Å². The van der Waals surface area contributed by atoms with E-state index >= 15 is 0 Å². The predicted octanol–water partition coefficient (Wildman–Crippen LogP) is 3.79. The Bertz CT molecular complexity index is 295. The molecule has 2 rings (SSSR count). The second-order valence-corrected chi connectivity index (χ2v) is 6.52. The Labute approximate surface area is 105 Å². The molecule has 0 aromatic heterocycles. The SMILES string of the molecule is CC(=O)OC(C)CCC1(C)C2CCC(C2)C1C. The second-order valence-electron chi connectivity index (χ2n) is 6.52. The molecule has 5 unspecified atom stereocenters. The topological polar surface area (TPSA) is 26.3 Å². The van der Waals surface area contributed by atoms with Crippen molar-refractivity contribution in [3.63, 3.8) is 0 Å². The van der Waals surface area contributed by atoms with Gasteiger partial charge in [0, 0.05) is 6.92 Å². The van der Waals surface area contributed by atoms with Gasteiger partial charge in [0.05, 0.1) is 6.10 Å². The maximum absolute atomic E-state index is 10.9. The van der Waals surface area contributed by atoms with E-state index in [4.69, 9.17) is 4.74 Å². The zero-order chi connectivity index (χ0) is 12.6. The van der Waals surface area contributed by atoms with Crippen molar-refractivity contribution in [1.29, 1.82) is 0 Å². The Morgan fingerprint density at radius 3 is 2.71 bits per heavy atom. The normalized spacial score (nSPS) is 41.5. The van der Waals surface area contributed by atoms with Gasteiger partial charge in [0.25, 0.3) is 0 Å². The molecule has 2 fully saturated rings. The lowest BCUT2D eigenvalue weighted by Gasteiger charge is -2.40. The molecule has 2 saturated carbocycles. The standard InChI is InChI=1S/C15H26O2/c1-10(17-12(3)16)7-8-15(4)11(2)13-5-6-14(15)9-13/h10-11,13-14H,5-9H2,1-4H3. The van der Waals surface area contributed by atoms with Crippen molar-refractivity contribution in [2.75, 3.05) is 0 Å². The highest BCUT2D eigenvalue weighted by Gasteiger charge is 2.52. The fourth-order valence-electron chi connectivity index (χ4n) is 4.27. The minimum atomic E-state index is -0.149. The maximum Gasteiger partial charge on any atom is 0.302 e. The number of hydrogen-bond acceptors (Lipinski definition) is 2. The van der Waals surface area contributed by atoms with Crippen molar-refractivity contribution in [3.05, 3.63) is 0 Å². The zero-order valence-electron chi connectivity index (χ0n) is 11.7. The van der Waals surface area contributed by atoms with Crippen LogP contribution >= 0.6 is 0 Å². The zero-order valence-corrected chi connectivity index (χ0v) is 11.7. The first-order valence-electron chi connectivity index (χ1n) is 7.10. The predicted molar refractivity (Wildman–Crippen MR) is 68.6 cm³/mol. The summed E-state index contributed by atoms with van der Waals surface area (Å²) < 4.78 is 5.23. The molecule has 2 nitrogen and oxygen atoms in total. The molecule has 2 bridgehead atoms. The molecule has 0 saturated heterocycles. The van der Waals surface area contributed by atoms with Gasteiger partial charge in [-0.2, -0.15) is 0 Å². The Morgan fingerprint density at radius 2 is 2.18 bits per heavy atom. The fourth-order valence-corrected chi connectivity index (χ4v) is 4.27. The van der Waals surface area contributed by atoms with Crippen molar-refractivity contribution in [1.82, 2.24) is 0 Å². The van der Waals surface area contributed by atoms with Crippen LogP contribution in [0, 0.1) is 23.2 Å². The van der Waals surface area contributed by atoms with E-state index in [2.05, 4.69) is 13.8 Å². The van der Waals surface area contributed by atoms with Gasteiger partial charge < -0.3 is 4.74 Å². The Hall–Kier alpha value is -0.530. The van der Waals surface area contributed by atoms with E-state index in [0.717, 1.165) is 24.2 Å². The molecule has 0 heterocycles. The molecule has 0 aromatic carbocycles. The van der Waals surface area contributed by atoms with Gasteiger partial charge in [-0.15, -0.1) is 0 Å². The second kappa shape index (κ2) is 4.62. The highest BCUT2D eigenvalue weighted by molar-refractivity contribution is 5.66. The van der Waals surface area contributed by atoms with Crippen LogP contribution in [0.5, 0.6) is 0 Å². The third kappa shape index (κ3) is 2.36. The molecule has 0 aliphatic heterocycles. The van der Waals surface area contributed by atoms with Crippen molar-refractivity contribution >= 4 is 5.97 Å². The van der Waals surface area contributed by atoms with E-state index in [1.54, 1.807) is 0 Å². The average Bonchev–Trinajstić information content (AvgIpc) is 2.79. The number of ether oxygens (including phenoxy) is 1. The van der Waals surface area contributed by atoms with Crippen molar-refractivity contribution in [3.8, 4) is 0 Å². The number of hydrogen-bond donors (Lipinski definition) is 0. The molecule has 0 aromatic rings. The van der Waals surface area contributed by atoms with Gasteiger partial charge in [-0.25, -0.2) is 0 Å². The van der Waals surface area contributed by atoms with Crippen LogP contribution in [0.1, 0.15) is 59.8 Å². The molecule has 2 aliphatic carbocycles. The van der Waals surface area contributed by atoms with Crippen LogP contribution in [0.15, 0.2) is 0 Å². The number of esters is 1. The van der Waals surface area contributed by atoms with Gasteiger partial charge in [-0.1, -0.05) is 13.8 Å². The van der Waals surface area contributed by atoms with E-state index in [-0.39, 0.29) is 12.1 Å². The lowest BCUT2D eigenvalue weighted by atomic mass is 9.65. The summed E-state index contributed by atoms with van der Waals surface area (Å²) in [5.74, 6) is 2.59. The number of carbonyl (C=O) groups excluding carboxylic acids is 1. The van der Waals surface area contributed by atoms with Crippen LogP contribution in [0.25, 0.3) is 0 Å². The van der Waals surface area contributed by atoms with Gasteiger partial charge in [-0.3, -0.25) is 4.79 Å². The van der Waals surface area contributed by atoms with Crippen LogP contribution in [0.3, 0.4) is 0 Å². The molecule has 2 aliphatic rings. The Kier molecular flexibility index (Phi) is 3.51. The van der Waals surface area contributed by atoms with E-state index in [0.29, 0.717) is 5.41 Å². The van der Waals surface area contributed by atoms with Gasteiger partial charge in [0.1, 0.15) is 0 Å². The first-order valence-corrected chi connectivity index (χ1v) is 7.10. The first kappa shape index (κ1) is 12.9. The van der Waals surface area contributed by atoms with Gasteiger partial charge in [0.2, 0.25) is 0 Å². The Balaban J connectivity index is 1.88. The van der Waals surface area contributed by atoms with Crippen molar-refractivity contribution in [2.24, 2.45) is 23.2 Å². The summed E-state index contributed by atoms with van der Waals surface area (Å²) in [7, 11) is 0. The lowest BCUT2D eigenvalue weighted by Crippen LogP contribution is -2.33. The van der Waals surface area contributed by atoms with Crippen LogP contribution in [-0.4, -0.2) is 12.1 Å². The molecular formula is C15H26O2. The highest BCUT2D eigenvalue weighted by atomic mass is 16.5. The third-order valence-electron chi connectivity index (χ3n) is 5.61. The molecule has 0 amide bonds. The van der Waals surface area contributed by atoms with E-state index in [1.165, 1.54) is 32.6 Å². The number of carbonyl (C=O) groups is 1. The first-order chi connectivity index (χ1) is 7.93. The third-order valence-corrected chi connectivity index (χ3v) is 5.61. The molecule has 0 spiro atoms. The quantitative estimate of drug-likeness (QED) is 0.696. The van der Waals surface area contributed by atoms with E-state index < -0.39 is 0 Å². The summed E-state index contributed by atoms with van der Waals surface area (Å²) in [6, 6.07) is 0. The van der Waals surface area contributed by atoms with E-state index in [9.17, 15) is 4.79 Å². The largest absolute Gasteiger partial charge is 0.463 e. The van der Waals surface area contributed by atoms with Crippen molar-refractivity contribution < 1.29 is 9.53 Å². The monoisotopic (exact) mass is 238 g/mol. The fraction of sp³-hybridized carbons (Fsp3) is 0.933. The summed E-state index contributed by atoms with van der Waals surface area (Å²) >= 11 is 0. The molecule has 17 heavy (non-hydrogen) atoms. The molecular weight excluding hydrogens is 212 g/mol. The van der Waals surface area contributed by atoms with Crippen LogP contribution in [0.2, 0.25) is 0 Å². The number of rotatable bonds is 4. The van der Waals surface area contributed by atoms with Gasteiger partial charge in [-0.05, 0) is 62.2 Å². The summed E-state index contributed by atoms with van der Waals surface area (Å²) in [5.41, 5.74) is 0.497. The minimum Gasteiger partial charge on any atom is -0.463 e. The number of fused-ring (bicyclic) bond motifs is 2. The lowest BCUT2D eigenvalue weighted by molar-refractivity contribution is -0.146. The minimum absolute atomic E-state index is 0.0793. The molecule has 2 heteroatoms. The van der Waals surface area contributed by atoms with Gasteiger partial charge in [0.15, 0.2) is 0 Å². The summed E-state index contributed by atoms with van der Waals surface area (Å²) in [6.07, 6.45) is 6.62. The molecule has 98 valence electrons. The maximum atomic E-state index is 10.9. The molecule has 0 radical (unpaired) electrons. The summed E-state index contributed by atoms with van der Waals surface area (Å²) in [6.45, 7) is 8.41. The van der Waals surface area contributed by atoms with Crippen LogP contribution in [-0.2, 0) is 9.53 Å².